The van der Waals surface area contributed by atoms with Crippen molar-refractivity contribution in [3.8, 4) is 0 Å². The lowest BCUT2D eigenvalue weighted by atomic mass is 9.88. The summed E-state index contributed by atoms with van der Waals surface area (Å²) in [7, 11) is -5.65. The summed E-state index contributed by atoms with van der Waals surface area (Å²) in [5, 5.41) is 0. The highest BCUT2D eigenvalue weighted by Gasteiger charge is 2.95. The fourth-order valence-corrected chi connectivity index (χ4v) is 2.32. The largest absolute Gasteiger partial charge is 0.460 e. The molecule has 22 heteroatoms. The minimum Gasteiger partial charge on any atom is -0.298 e. The van der Waals surface area contributed by atoms with Crippen LogP contribution < -0.4 is 0 Å². The maximum atomic E-state index is 13.4. The number of rotatable bonds is 10. The molecule has 0 spiro atoms. The van der Waals surface area contributed by atoms with Crippen molar-refractivity contribution >= 4 is 15.9 Å². The minimum atomic E-state index is -8.81. The van der Waals surface area contributed by atoms with E-state index < -0.39 is 75.7 Å². The molecular formula is C11H5F17O4S. The van der Waals surface area contributed by atoms with Gasteiger partial charge in [0, 0.05) is 0 Å². The number of halogens is 17. The molecule has 0 fully saturated rings. The second-order valence-corrected chi connectivity index (χ2v) is 7.54. The van der Waals surface area contributed by atoms with Gasteiger partial charge in [-0.25, -0.2) is 0 Å². The van der Waals surface area contributed by atoms with Crippen LogP contribution in [0.5, 0.6) is 0 Å². The van der Waals surface area contributed by atoms with Crippen LogP contribution in [0.1, 0.15) is 6.42 Å². The third-order valence-corrected chi connectivity index (χ3v) is 4.24. The second-order valence-electron chi connectivity index (χ2n) is 6.09. The lowest BCUT2D eigenvalue weighted by Gasteiger charge is -2.42. The van der Waals surface area contributed by atoms with Gasteiger partial charge in [0.15, 0.2) is 5.78 Å². The third kappa shape index (κ3) is 4.81. The fourth-order valence-electron chi connectivity index (χ4n) is 1.81. The van der Waals surface area contributed by atoms with Crippen LogP contribution in [0.2, 0.25) is 0 Å². The molecule has 0 aromatic heterocycles. The van der Waals surface area contributed by atoms with Crippen LogP contribution in [0, 0.1) is 0 Å². The van der Waals surface area contributed by atoms with Gasteiger partial charge in [-0.15, -0.1) is 0 Å². The highest BCUT2D eigenvalue weighted by Crippen LogP contribution is 2.64. The summed E-state index contributed by atoms with van der Waals surface area (Å²) in [5.41, 5.74) is 0. The van der Waals surface area contributed by atoms with E-state index >= 15 is 0 Å². The van der Waals surface area contributed by atoms with Gasteiger partial charge in [-0.3, -0.25) is 9.35 Å². The van der Waals surface area contributed by atoms with Gasteiger partial charge in [0.25, 0.3) is 10.1 Å². The lowest BCUT2D eigenvalue weighted by Crippen LogP contribution is -2.74. The number of carbonyl (C=O) groups excluding carboxylic acids is 1. The molecule has 33 heavy (non-hydrogen) atoms. The molecule has 198 valence electrons. The van der Waals surface area contributed by atoms with Crippen molar-refractivity contribution in [1.29, 1.82) is 0 Å². The molecule has 0 atom stereocenters. The topological polar surface area (TPSA) is 71.4 Å². The first-order valence-corrected chi connectivity index (χ1v) is 8.64. The molecular weight excluding hydrogens is 551 g/mol. The first kappa shape index (κ1) is 31.4. The second kappa shape index (κ2) is 7.97. The number of hydrogen-bond acceptors (Lipinski definition) is 3. The quantitative estimate of drug-likeness (QED) is 0.309. The zero-order chi connectivity index (χ0) is 27.5. The number of alkyl halides is 17. The zero-order valence-electron chi connectivity index (χ0n) is 14.4. The van der Waals surface area contributed by atoms with Crippen LogP contribution in [0.25, 0.3) is 0 Å². The van der Waals surface area contributed by atoms with E-state index in [0.717, 1.165) is 0 Å². The van der Waals surface area contributed by atoms with Gasteiger partial charge in [-0.05, 0) is 0 Å². The van der Waals surface area contributed by atoms with Crippen LogP contribution >= 0.6 is 0 Å². The molecule has 0 unspecified atom stereocenters. The smallest absolute Gasteiger partial charge is 0.298 e. The Labute approximate surface area is 169 Å². The van der Waals surface area contributed by atoms with E-state index in [1.807, 2.05) is 0 Å². The van der Waals surface area contributed by atoms with E-state index in [-0.39, 0.29) is 0 Å². The van der Waals surface area contributed by atoms with E-state index in [1.54, 1.807) is 0 Å². The Morgan fingerprint density at radius 1 is 0.545 bits per heavy atom. The Morgan fingerprint density at radius 3 is 1.09 bits per heavy atom. The molecule has 1 N–H and O–H groups in total. The monoisotopic (exact) mass is 556 g/mol. The highest BCUT2D eigenvalue weighted by atomic mass is 32.2. The highest BCUT2D eigenvalue weighted by molar-refractivity contribution is 7.86. The summed E-state index contributed by atoms with van der Waals surface area (Å²) in [6.45, 7) is 0. The molecule has 0 aliphatic rings. The van der Waals surface area contributed by atoms with Gasteiger partial charge >= 0.3 is 47.6 Å². The van der Waals surface area contributed by atoms with E-state index in [9.17, 15) is 87.8 Å². The summed E-state index contributed by atoms with van der Waals surface area (Å²) in [5.74, 6) is -63.7. The maximum Gasteiger partial charge on any atom is 0.460 e. The van der Waals surface area contributed by atoms with Gasteiger partial charge in [0.05, 0.1) is 6.42 Å². The molecule has 0 aromatic rings. The van der Waals surface area contributed by atoms with E-state index in [1.165, 1.54) is 0 Å². The SMILES string of the molecule is O=C(CC(F)(F)C(F)(F)C(F)(F)C(F)(F)C(F)(F)C(F)(F)C(F)(F)C(F)(F)F)CS(=O)(=O)O. The van der Waals surface area contributed by atoms with Gasteiger partial charge in [0.2, 0.25) is 0 Å². The molecule has 0 aromatic carbocycles. The third-order valence-electron chi connectivity index (χ3n) is 3.55. The maximum absolute atomic E-state index is 13.4. The molecule has 0 heterocycles. The average Bonchev–Trinajstić information content (AvgIpc) is 2.49. The van der Waals surface area contributed by atoms with E-state index in [0.29, 0.717) is 0 Å². The van der Waals surface area contributed by atoms with Crippen molar-refractivity contribution in [2.45, 2.75) is 54.1 Å². The van der Waals surface area contributed by atoms with Crippen LogP contribution in [0.4, 0.5) is 74.6 Å². The van der Waals surface area contributed by atoms with Gasteiger partial charge in [-0.2, -0.15) is 83.1 Å². The van der Waals surface area contributed by atoms with Crippen molar-refractivity contribution < 1.29 is 92.4 Å². The summed E-state index contributed by atoms with van der Waals surface area (Å²) < 4.78 is 249. The predicted molar refractivity (Wildman–Crippen MR) is 66.7 cm³/mol. The predicted octanol–water partition coefficient (Wildman–Crippen LogP) is 4.84. The van der Waals surface area contributed by atoms with E-state index in [4.69, 9.17) is 4.55 Å². The molecule has 0 bridgehead atoms. The molecule has 0 saturated heterocycles. The fraction of sp³-hybridized carbons (Fsp3) is 0.909. The first-order chi connectivity index (χ1) is 13.9. The Hall–Kier alpha value is -1.61. The molecule has 0 rings (SSSR count). The minimum absolute atomic E-state index is 2.56. The number of hydrogen-bond donors (Lipinski definition) is 1. The van der Waals surface area contributed by atoms with E-state index in [2.05, 4.69) is 0 Å². The van der Waals surface area contributed by atoms with Crippen LogP contribution in [0.15, 0.2) is 0 Å². The summed E-state index contributed by atoms with van der Waals surface area (Å²) in [4.78, 5) is 10.8. The van der Waals surface area contributed by atoms with Crippen molar-refractivity contribution in [1.82, 2.24) is 0 Å². The molecule has 0 amide bonds. The van der Waals surface area contributed by atoms with Crippen molar-refractivity contribution in [3.63, 3.8) is 0 Å². The van der Waals surface area contributed by atoms with Crippen LogP contribution in [-0.2, 0) is 14.9 Å². The number of carbonyl (C=O) groups is 1. The van der Waals surface area contributed by atoms with Crippen molar-refractivity contribution in [3.05, 3.63) is 0 Å². The van der Waals surface area contributed by atoms with Gasteiger partial charge in [-0.1, -0.05) is 0 Å². The normalized spacial score (nSPS) is 16.2. The Morgan fingerprint density at radius 2 is 0.818 bits per heavy atom. The molecule has 0 aliphatic carbocycles. The number of ketones is 1. The summed E-state index contributed by atoms with van der Waals surface area (Å²) >= 11 is 0. The lowest BCUT2D eigenvalue weighted by molar-refractivity contribution is -0.461. The number of Topliss-reactive ketones (excluding diaryl/α,β-unsaturated/α-hetero) is 1. The average molecular weight is 556 g/mol. The zero-order valence-corrected chi connectivity index (χ0v) is 15.2. The molecule has 0 aliphatic heterocycles. The molecule has 0 radical (unpaired) electrons. The molecule has 0 saturated carbocycles. The van der Waals surface area contributed by atoms with Crippen molar-refractivity contribution in [2.75, 3.05) is 5.75 Å². The standard InChI is InChI=1S/C11H5F17O4S/c12-4(13,1-3(29)2-33(30,31)32)5(14,15)6(16,17)7(18,19)8(20,21)9(22,23)10(24,25)11(26,27)28/h1-2H2,(H,30,31,32). The summed E-state index contributed by atoms with van der Waals surface area (Å²) in [6, 6.07) is 0. The summed E-state index contributed by atoms with van der Waals surface area (Å²) in [6.07, 6.45) is -11.4. The van der Waals surface area contributed by atoms with Gasteiger partial charge < -0.3 is 0 Å². The van der Waals surface area contributed by atoms with Crippen LogP contribution in [0.3, 0.4) is 0 Å². The Kier molecular flexibility index (Phi) is 7.58. The van der Waals surface area contributed by atoms with Crippen LogP contribution in [-0.4, -0.2) is 72.1 Å². The molecule has 4 nitrogen and oxygen atoms in total. The van der Waals surface area contributed by atoms with Crippen molar-refractivity contribution in [2.24, 2.45) is 0 Å². The first-order valence-electron chi connectivity index (χ1n) is 7.03. The van der Waals surface area contributed by atoms with Gasteiger partial charge in [0.1, 0.15) is 5.75 Å². The Bertz CT molecular complexity index is 857. The Balaban J connectivity index is 6.61.